The molecule has 0 saturated carbocycles. The van der Waals surface area contributed by atoms with Crippen molar-refractivity contribution in [2.75, 3.05) is 24.7 Å². The average molecular weight is 724 g/mol. The molecule has 242 valence electrons. The number of aromatic amines is 1. The van der Waals surface area contributed by atoms with E-state index < -0.39 is 73.0 Å². The number of nitrogens with zero attached hydrogens (tertiary/aromatic N) is 6. The highest BCUT2D eigenvalue weighted by molar-refractivity contribution is 8.07. The normalized spacial score (nSPS) is 37.7. The average Bonchev–Trinajstić information content (AvgIpc) is 3.72. The van der Waals surface area contributed by atoms with Crippen molar-refractivity contribution in [2.45, 2.75) is 47.4 Å². The van der Waals surface area contributed by atoms with Crippen molar-refractivity contribution in [3.8, 4) is 0 Å². The topological polar surface area (TPSA) is 253 Å². The Morgan fingerprint density at radius 2 is 1.71 bits per heavy atom. The fourth-order valence-corrected chi connectivity index (χ4v) is 9.88. The number of pyridine rings is 1. The van der Waals surface area contributed by atoms with E-state index in [2.05, 4.69) is 24.9 Å². The van der Waals surface area contributed by atoms with E-state index >= 15 is 4.39 Å². The Labute approximate surface area is 265 Å². The molecule has 18 nitrogen and oxygen atoms in total. The van der Waals surface area contributed by atoms with Gasteiger partial charge in [0, 0.05) is 6.20 Å². The van der Waals surface area contributed by atoms with Crippen LogP contribution in [0.25, 0.3) is 22.3 Å². The Hall–Kier alpha value is -2.17. The lowest BCUT2D eigenvalue weighted by Crippen LogP contribution is -2.35. The summed E-state index contributed by atoms with van der Waals surface area (Å²) in [5, 5.41) is 9.50. The Balaban J connectivity index is 1.21. The number of H-pyrrole nitrogens is 1. The van der Waals surface area contributed by atoms with Crippen LogP contribution in [0.5, 0.6) is 0 Å². The fraction of sp³-hybridized carbons (Fsp3) is 0.476. The van der Waals surface area contributed by atoms with Crippen LogP contribution in [0.2, 0.25) is 0 Å². The number of ether oxygens (including phenoxy) is 1. The van der Waals surface area contributed by atoms with Crippen molar-refractivity contribution in [3.05, 3.63) is 35.3 Å². The second kappa shape index (κ2) is 11.5. The Morgan fingerprint density at radius 1 is 1.02 bits per heavy atom. The molecular formula is C21H24FN9O9P2S3. The molecule has 0 amide bonds. The smallest absolute Gasteiger partial charge is 0.325 e. The van der Waals surface area contributed by atoms with Crippen LogP contribution in [-0.4, -0.2) is 98.0 Å². The molecule has 2 bridgehead atoms. The molecule has 0 spiro atoms. The molecule has 4 aromatic heterocycles. The quantitative estimate of drug-likeness (QED) is 0.151. The number of hydrogen-bond acceptors (Lipinski definition) is 16. The summed E-state index contributed by atoms with van der Waals surface area (Å²) < 4.78 is 47.3. The maximum Gasteiger partial charge on any atom is 0.325 e. The highest BCUT2D eigenvalue weighted by atomic mass is 32.5. The molecule has 7 rings (SSSR count). The maximum atomic E-state index is 16.1. The summed E-state index contributed by atoms with van der Waals surface area (Å²) in [5.74, 6) is -0.176. The van der Waals surface area contributed by atoms with Gasteiger partial charge in [-0.25, -0.2) is 19.3 Å². The molecule has 3 fully saturated rings. The standard InChI is InChI=1S/C21H24FN9O9P2S3/c22-10-14-8(38-19(10)30-5-26-11-7(23)1-2-25-16(11)30)3-36-41(34,43)40-15-13(32)9(4-37-42(35,44)39-14)45-20(15)31-6-27-12-17(31)28-21(24)29-18(12)33/h1-2,5-6,8-10,13-15,19-20,32H,3-4H2,(H2,23,25)(H,34,43)(H,35,44)(H3,24,28,29,33)/t8-,9-,10+,13-,14-,15-,19-,20-,41?,42?/m1/s1. The summed E-state index contributed by atoms with van der Waals surface area (Å²) in [7, 11) is 0. The molecule has 0 aromatic carbocycles. The molecule has 7 heterocycles. The first-order valence-electron chi connectivity index (χ1n) is 13.1. The van der Waals surface area contributed by atoms with Crippen molar-refractivity contribution >= 4 is 82.8 Å². The number of rotatable bonds is 2. The maximum absolute atomic E-state index is 16.1. The third kappa shape index (κ3) is 5.71. The number of alkyl halides is 1. The summed E-state index contributed by atoms with van der Waals surface area (Å²) in [6.07, 6.45) is -4.81. The largest absolute Gasteiger partial charge is 0.397 e. The van der Waals surface area contributed by atoms with E-state index in [1.807, 2.05) is 0 Å². The molecule has 4 aromatic rings. The van der Waals surface area contributed by atoms with Gasteiger partial charge in [0.1, 0.15) is 29.2 Å². The number of anilines is 2. The minimum absolute atomic E-state index is 0.0330. The van der Waals surface area contributed by atoms with Crippen LogP contribution in [-0.2, 0) is 46.4 Å². The number of nitrogens with one attached hydrogen (secondary N) is 1. The monoisotopic (exact) mass is 723 g/mol. The van der Waals surface area contributed by atoms with E-state index in [0.29, 0.717) is 11.2 Å². The minimum atomic E-state index is -4.19. The summed E-state index contributed by atoms with van der Waals surface area (Å²) in [6.45, 7) is -9.34. The summed E-state index contributed by atoms with van der Waals surface area (Å²) in [4.78, 5) is 53.5. The molecule has 2 unspecified atom stereocenters. The molecule has 45 heavy (non-hydrogen) atoms. The molecule has 0 aliphatic carbocycles. The van der Waals surface area contributed by atoms with Crippen molar-refractivity contribution in [2.24, 2.45) is 0 Å². The molecule has 0 radical (unpaired) electrons. The zero-order valence-corrected chi connectivity index (χ0v) is 26.7. The van der Waals surface area contributed by atoms with Crippen molar-refractivity contribution in [1.29, 1.82) is 0 Å². The molecule has 10 atom stereocenters. The van der Waals surface area contributed by atoms with Crippen LogP contribution in [0, 0.1) is 0 Å². The third-order valence-corrected chi connectivity index (χ3v) is 12.0. The Kier molecular flexibility index (Phi) is 8.04. The van der Waals surface area contributed by atoms with Gasteiger partial charge in [-0.05, 0) is 29.7 Å². The molecule has 8 N–H and O–H groups in total. The number of fused-ring (bicyclic) bond motifs is 5. The summed E-state index contributed by atoms with van der Waals surface area (Å²) in [5.41, 5.74) is 12.0. The van der Waals surface area contributed by atoms with Crippen LogP contribution in [0.15, 0.2) is 29.7 Å². The zero-order valence-electron chi connectivity index (χ0n) is 22.5. The van der Waals surface area contributed by atoms with E-state index in [1.165, 1.54) is 34.1 Å². The number of halogens is 1. The number of imidazole rings is 2. The van der Waals surface area contributed by atoms with Crippen molar-refractivity contribution < 1.29 is 42.1 Å². The van der Waals surface area contributed by atoms with E-state index in [9.17, 15) is 19.7 Å². The highest BCUT2D eigenvalue weighted by Gasteiger charge is 2.53. The van der Waals surface area contributed by atoms with E-state index in [-0.39, 0.29) is 29.4 Å². The van der Waals surface area contributed by atoms with Crippen LogP contribution in [0.4, 0.5) is 16.0 Å². The number of thioether (sulfide) groups is 1. The second-order valence-corrected chi connectivity index (χ2v) is 17.2. The number of aliphatic hydroxyl groups excluding tert-OH is 1. The van der Waals surface area contributed by atoms with Crippen LogP contribution >= 0.6 is 25.2 Å². The first kappa shape index (κ1) is 31.4. The minimum Gasteiger partial charge on any atom is -0.397 e. The number of hydrogen-bond donors (Lipinski definition) is 6. The number of nitrogen functional groups attached to an aromatic ring is 2. The lowest BCUT2D eigenvalue weighted by Gasteiger charge is -2.28. The van der Waals surface area contributed by atoms with Crippen molar-refractivity contribution in [1.82, 2.24) is 34.1 Å². The van der Waals surface area contributed by atoms with Crippen LogP contribution in [0.3, 0.4) is 0 Å². The SMILES string of the molecule is Nc1nc2c(ncn2[C@@H]2S[C@@H]3COP(O)(=S)O[C@H]4[C@H](F)[C@H](n5cnc6c(N)ccnc65)O[C@@H]4COP(O)(=S)O[C@@H]2[C@@H]3O)c(=O)[nH]1. The van der Waals surface area contributed by atoms with Crippen molar-refractivity contribution in [3.63, 3.8) is 0 Å². The van der Waals surface area contributed by atoms with Gasteiger partial charge in [0.05, 0.1) is 42.9 Å². The van der Waals surface area contributed by atoms with Gasteiger partial charge in [-0.2, -0.15) is 4.98 Å². The van der Waals surface area contributed by atoms with Gasteiger partial charge in [0.25, 0.3) is 5.56 Å². The van der Waals surface area contributed by atoms with Gasteiger partial charge in [-0.15, -0.1) is 11.8 Å². The fourth-order valence-electron chi connectivity index (χ4n) is 5.34. The van der Waals surface area contributed by atoms with E-state index in [0.717, 1.165) is 11.8 Å². The molecule has 3 aliphatic heterocycles. The molecule has 24 heteroatoms. The van der Waals surface area contributed by atoms with Gasteiger partial charge < -0.3 is 40.1 Å². The second-order valence-electron chi connectivity index (χ2n) is 10.2. The number of nitrogens with two attached hydrogens (primary N) is 2. The van der Waals surface area contributed by atoms with Gasteiger partial charge in [-0.1, -0.05) is 0 Å². The third-order valence-electron chi connectivity index (χ3n) is 7.38. The molecule has 3 aliphatic rings. The number of aliphatic hydroxyl groups is 1. The van der Waals surface area contributed by atoms with Gasteiger partial charge in [-0.3, -0.25) is 28.0 Å². The van der Waals surface area contributed by atoms with Crippen LogP contribution < -0.4 is 17.0 Å². The van der Waals surface area contributed by atoms with E-state index in [1.54, 1.807) is 0 Å². The molecular weight excluding hydrogens is 699 g/mol. The van der Waals surface area contributed by atoms with Gasteiger partial charge in [0.15, 0.2) is 29.2 Å². The molecule has 3 saturated heterocycles. The number of aromatic nitrogens is 7. The zero-order chi connectivity index (χ0) is 31.8. The predicted octanol–water partition coefficient (Wildman–Crippen LogP) is 0.190. The summed E-state index contributed by atoms with van der Waals surface area (Å²) in [6, 6.07) is 1.54. The van der Waals surface area contributed by atoms with Crippen LogP contribution in [0.1, 0.15) is 11.6 Å². The first-order valence-corrected chi connectivity index (χ1v) is 19.2. The van der Waals surface area contributed by atoms with Gasteiger partial charge >= 0.3 is 13.4 Å². The lowest BCUT2D eigenvalue weighted by molar-refractivity contribution is -0.0451. The first-order chi connectivity index (χ1) is 21.3. The Bertz CT molecular complexity index is 1950. The Morgan fingerprint density at radius 3 is 2.49 bits per heavy atom. The highest BCUT2D eigenvalue weighted by Crippen LogP contribution is 2.57. The predicted molar refractivity (Wildman–Crippen MR) is 164 cm³/mol. The summed E-state index contributed by atoms with van der Waals surface area (Å²) >= 11 is 11.6. The van der Waals surface area contributed by atoms with Gasteiger partial charge in [0.2, 0.25) is 5.95 Å². The van der Waals surface area contributed by atoms with E-state index in [4.69, 9.17) is 57.9 Å². The lowest BCUT2D eigenvalue weighted by atomic mass is 10.1.